The molecule has 0 bridgehead atoms. The minimum Gasteiger partial charge on any atom is -0.756 e. The molecule has 3 unspecified atom stereocenters. The monoisotopic (exact) mass is 606 g/mol. The summed E-state index contributed by atoms with van der Waals surface area (Å²) >= 11 is 0. The number of phosphoric acid groups is 1. The van der Waals surface area contributed by atoms with E-state index < -0.39 is 19.5 Å². The van der Waals surface area contributed by atoms with Crippen LogP contribution in [0, 0.1) is 12.0 Å². The summed E-state index contributed by atoms with van der Waals surface area (Å²) < 4.78 is 39.7. The van der Waals surface area contributed by atoms with Crippen molar-refractivity contribution in [3.63, 3.8) is 0 Å². The Morgan fingerprint density at radius 2 is 1.90 bits per heavy atom. The zero-order chi connectivity index (χ0) is 21.1. The summed E-state index contributed by atoms with van der Waals surface area (Å²) in [5, 5.41) is 10.9. The summed E-state index contributed by atoms with van der Waals surface area (Å²) in [7, 11) is -4.65. The first-order chi connectivity index (χ1) is 12.9. The van der Waals surface area contributed by atoms with Gasteiger partial charge in [-0.05, 0) is 72.5 Å². The molecule has 2 fully saturated rings. The zero-order valence-corrected chi connectivity index (χ0v) is 22.0. The molecule has 0 amide bonds. The maximum atomic E-state index is 12.4. The first-order valence-electron chi connectivity index (χ1n) is 10.1. The Bertz CT molecular complexity index is 548. The number of aliphatic hydroxyl groups is 1. The van der Waals surface area contributed by atoms with Crippen molar-refractivity contribution in [3.8, 4) is 0 Å². The number of phosphoric ester groups is 1. The maximum Gasteiger partial charge on any atom is 0.265 e. The van der Waals surface area contributed by atoms with Crippen LogP contribution >= 0.6 is 7.82 Å². The van der Waals surface area contributed by atoms with Gasteiger partial charge in [-0.1, -0.05) is 6.92 Å². The predicted molar refractivity (Wildman–Crippen MR) is 101 cm³/mol. The Hall–Kier alpha value is 0.638. The Morgan fingerprint density at radius 1 is 1.24 bits per heavy atom. The van der Waals surface area contributed by atoms with Gasteiger partial charge < -0.3 is 33.3 Å². The van der Waals surface area contributed by atoms with Crippen LogP contribution in [0.3, 0.4) is 0 Å². The van der Waals surface area contributed by atoms with Crippen molar-refractivity contribution in [2.45, 2.75) is 96.9 Å². The number of rotatable bonds is 10. The molecule has 1 saturated carbocycles. The zero-order valence-electron chi connectivity index (χ0n) is 18.2. The van der Waals surface area contributed by atoms with Crippen LogP contribution in [0.5, 0.6) is 0 Å². The molecule has 1 saturated heterocycles. The third-order valence-electron chi connectivity index (χ3n) is 4.90. The quantitative estimate of drug-likeness (QED) is 0.299. The summed E-state index contributed by atoms with van der Waals surface area (Å²) in [5.74, 6) is 0.114. The Morgan fingerprint density at radius 3 is 2.48 bits per heavy atom. The van der Waals surface area contributed by atoms with Gasteiger partial charge in [0.2, 0.25) is 0 Å². The van der Waals surface area contributed by atoms with E-state index >= 15 is 0 Å². The van der Waals surface area contributed by atoms with Crippen LogP contribution in [0.2, 0.25) is 0 Å². The van der Waals surface area contributed by atoms with Crippen LogP contribution < -0.4 is 4.89 Å². The first-order valence-corrected chi connectivity index (χ1v) is 11.5. The maximum absolute atomic E-state index is 12.4. The smallest absolute Gasteiger partial charge is 0.265 e. The molecule has 6 atom stereocenters. The third kappa shape index (κ3) is 8.59. The Labute approximate surface area is 188 Å². The van der Waals surface area contributed by atoms with Crippen LogP contribution in [0.15, 0.2) is 0 Å². The fraction of sp³-hybridized carbons (Fsp3) is 0.947. The molecule has 172 valence electrons. The van der Waals surface area contributed by atoms with E-state index in [0.717, 1.165) is 0 Å². The van der Waals surface area contributed by atoms with E-state index in [4.69, 9.17) is 23.3 Å². The second kappa shape index (κ2) is 11.5. The SMILES string of the molecule is CC(C)OC[C@@]1(O)C[C@@H](C)CC1OP(=O)([O-])OC[C-]1O[C@@H](C)CC1OC(C)C.[W]. The van der Waals surface area contributed by atoms with Gasteiger partial charge in [0.05, 0.1) is 18.8 Å². The molecule has 1 aliphatic heterocycles. The van der Waals surface area contributed by atoms with Gasteiger partial charge in [0, 0.05) is 33.3 Å². The van der Waals surface area contributed by atoms with Crippen molar-refractivity contribution in [1.29, 1.82) is 0 Å². The average Bonchev–Trinajstić information content (AvgIpc) is 3.02. The second-order valence-corrected chi connectivity index (χ2v) is 9.99. The molecule has 0 aromatic carbocycles. The standard InChI is InChI=1S/C19H36O8P.W/c1-12(2)23-11-19(20)9-14(5)7-18(19)27-28(21,22)24-10-17-16(25-13(3)4)8-15(6)26-17;/h12-16,18,20H,7-11H2,1-6H3,(H,21,22);/q-1;/p-1/t14-,15-,16?,18?,19-;/m0./s1. The summed E-state index contributed by atoms with van der Waals surface area (Å²) in [6, 6.07) is 0. The molecule has 1 N–H and O–H groups in total. The van der Waals surface area contributed by atoms with E-state index in [0.29, 0.717) is 25.4 Å². The van der Waals surface area contributed by atoms with Crippen molar-refractivity contribution in [2.75, 3.05) is 13.2 Å². The van der Waals surface area contributed by atoms with Crippen LogP contribution in [-0.4, -0.2) is 54.4 Å². The topological polar surface area (TPSA) is 107 Å². The Kier molecular flexibility index (Phi) is 11.0. The molecular weight excluding hydrogens is 571 g/mol. The van der Waals surface area contributed by atoms with Crippen molar-refractivity contribution in [1.82, 2.24) is 0 Å². The largest absolute Gasteiger partial charge is 0.756 e. The fourth-order valence-corrected chi connectivity index (χ4v) is 4.68. The van der Waals surface area contributed by atoms with Crippen molar-refractivity contribution in [3.05, 3.63) is 6.10 Å². The van der Waals surface area contributed by atoms with Crippen LogP contribution in [0.25, 0.3) is 0 Å². The van der Waals surface area contributed by atoms with E-state index in [1.165, 1.54) is 0 Å². The molecule has 2 rings (SSSR count). The first kappa shape index (κ1) is 27.7. The van der Waals surface area contributed by atoms with E-state index in [2.05, 4.69) is 0 Å². The molecule has 1 heterocycles. The minimum atomic E-state index is -4.65. The molecule has 0 radical (unpaired) electrons. The van der Waals surface area contributed by atoms with Gasteiger partial charge in [0.15, 0.2) is 0 Å². The predicted octanol–water partition coefficient (Wildman–Crippen LogP) is 2.57. The van der Waals surface area contributed by atoms with E-state index in [1.807, 2.05) is 41.5 Å². The molecular formula is C19H35O8PW-2. The van der Waals surface area contributed by atoms with E-state index in [9.17, 15) is 14.6 Å². The number of hydrogen-bond acceptors (Lipinski definition) is 8. The molecule has 0 aromatic heterocycles. The number of ether oxygens (including phenoxy) is 3. The third-order valence-corrected chi connectivity index (χ3v) is 5.86. The molecule has 2 aliphatic rings. The summed E-state index contributed by atoms with van der Waals surface area (Å²) in [4.78, 5) is 12.4. The molecule has 1 aliphatic carbocycles. The van der Waals surface area contributed by atoms with Crippen molar-refractivity contribution < 1.29 is 58.9 Å². The summed E-state index contributed by atoms with van der Waals surface area (Å²) in [5.41, 5.74) is -1.36. The van der Waals surface area contributed by atoms with Gasteiger partial charge in [-0.15, -0.1) is 6.10 Å². The number of hydrogen-bond donors (Lipinski definition) is 1. The second-order valence-electron chi connectivity index (χ2n) is 8.63. The van der Waals surface area contributed by atoms with E-state index in [1.54, 1.807) is 0 Å². The molecule has 8 nitrogen and oxygen atoms in total. The molecule has 0 aromatic rings. The molecule has 10 heteroatoms. The molecule has 29 heavy (non-hydrogen) atoms. The van der Waals surface area contributed by atoms with Crippen LogP contribution in [0.1, 0.15) is 60.8 Å². The van der Waals surface area contributed by atoms with Gasteiger partial charge in [-0.25, -0.2) is 0 Å². The minimum absolute atomic E-state index is 0. The van der Waals surface area contributed by atoms with Gasteiger partial charge in [0.25, 0.3) is 7.82 Å². The van der Waals surface area contributed by atoms with E-state index in [-0.39, 0.29) is 64.6 Å². The van der Waals surface area contributed by atoms with Crippen molar-refractivity contribution in [2.24, 2.45) is 5.92 Å². The molecule has 0 spiro atoms. The van der Waals surface area contributed by atoms with Gasteiger partial charge in [0.1, 0.15) is 5.60 Å². The van der Waals surface area contributed by atoms with Crippen molar-refractivity contribution >= 4 is 7.82 Å². The van der Waals surface area contributed by atoms with Gasteiger partial charge in [-0.2, -0.15) is 0 Å². The average molecular weight is 606 g/mol. The normalized spacial score (nSPS) is 35.2. The van der Waals surface area contributed by atoms with Gasteiger partial charge in [-0.3, -0.25) is 4.57 Å². The van der Waals surface area contributed by atoms with Gasteiger partial charge >= 0.3 is 0 Å². The summed E-state index contributed by atoms with van der Waals surface area (Å²) in [6.45, 7) is 11.1. The van der Waals surface area contributed by atoms with Crippen LogP contribution in [-0.2, 0) is 48.9 Å². The van der Waals surface area contributed by atoms with Crippen LogP contribution in [0.4, 0.5) is 0 Å². The summed E-state index contributed by atoms with van der Waals surface area (Å²) in [6.07, 6.45) is 0.546. The Balaban J connectivity index is 0.00000420. The fourth-order valence-electron chi connectivity index (χ4n) is 3.74.